The first-order chi connectivity index (χ1) is 19.8. The Morgan fingerprint density at radius 1 is 1.07 bits per heavy atom. The maximum Gasteiger partial charge on any atom is 0.410 e. The standard InChI is InChI=1S/C22H27FN6O4.C5H4ClFN2.ClH/c1-22(2,3)33-21(31)29-14-5-6-15(29)12-28(11-14)17-7-8-24-20(27-17)26-13-9-16(23)18(25-10-13)19(30)32-4;6-5-4(7)1-3(8)2-9-5;/h7-10,14-15H,5-6,11-12H2,1-4H3,(H,24,26,27);1-2H,8H2;1H. The summed E-state index contributed by atoms with van der Waals surface area (Å²) in [5, 5.41) is 2.76. The molecular formula is C27H32Cl2F2N8O4. The highest BCUT2D eigenvalue weighted by Gasteiger charge is 2.44. The number of amides is 1. The fraction of sp³-hybridized carbons (Fsp3) is 0.407. The largest absolute Gasteiger partial charge is 0.464 e. The maximum absolute atomic E-state index is 14.2. The molecule has 0 saturated carbocycles. The summed E-state index contributed by atoms with van der Waals surface area (Å²) in [6.45, 7) is 6.86. The Hall–Kier alpha value is -4.04. The number of hydrogen-bond acceptors (Lipinski definition) is 11. The lowest BCUT2D eigenvalue weighted by Crippen LogP contribution is -2.57. The molecule has 2 unspecified atom stereocenters. The number of pyridine rings is 2. The topological polar surface area (TPSA) is 149 Å². The van der Waals surface area contributed by atoms with Gasteiger partial charge < -0.3 is 25.4 Å². The number of carbonyl (C=O) groups is 2. The summed E-state index contributed by atoms with van der Waals surface area (Å²) in [6.07, 6.45) is 5.77. The minimum absolute atomic E-state index is 0. The number of halogens is 4. The Balaban J connectivity index is 0.000000435. The average Bonchev–Trinajstić information content (AvgIpc) is 3.20. The quantitative estimate of drug-likeness (QED) is 0.293. The molecule has 5 rings (SSSR count). The van der Waals surface area contributed by atoms with E-state index in [1.54, 1.807) is 12.3 Å². The van der Waals surface area contributed by atoms with Gasteiger partial charge in [0.1, 0.15) is 11.4 Å². The number of aromatic nitrogens is 4. The van der Waals surface area contributed by atoms with Crippen LogP contribution in [0.1, 0.15) is 44.1 Å². The molecule has 2 saturated heterocycles. The first-order valence-corrected chi connectivity index (χ1v) is 13.4. The number of rotatable bonds is 4. The van der Waals surface area contributed by atoms with E-state index in [0.717, 1.165) is 32.1 Å². The van der Waals surface area contributed by atoms with Gasteiger partial charge in [-0.2, -0.15) is 4.98 Å². The van der Waals surface area contributed by atoms with Gasteiger partial charge in [0.2, 0.25) is 5.95 Å². The van der Waals surface area contributed by atoms with Crippen molar-refractivity contribution in [2.45, 2.75) is 51.3 Å². The number of ether oxygens (including phenoxy) is 2. The lowest BCUT2D eigenvalue weighted by molar-refractivity contribution is 0.0122. The van der Waals surface area contributed by atoms with Gasteiger partial charge >= 0.3 is 12.1 Å². The van der Waals surface area contributed by atoms with Crippen molar-refractivity contribution in [1.29, 1.82) is 0 Å². The van der Waals surface area contributed by atoms with E-state index in [-0.39, 0.29) is 47.4 Å². The second-order valence-electron chi connectivity index (χ2n) is 10.6. The molecule has 1 amide bonds. The summed E-state index contributed by atoms with van der Waals surface area (Å²) >= 11 is 5.24. The summed E-state index contributed by atoms with van der Waals surface area (Å²) in [7, 11) is 1.16. The smallest absolute Gasteiger partial charge is 0.410 e. The Morgan fingerprint density at radius 3 is 2.30 bits per heavy atom. The molecule has 2 aliphatic rings. The first kappa shape index (κ1) is 33.5. The third kappa shape index (κ3) is 8.51. The van der Waals surface area contributed by atoms with E-state index < -0.39 is 28.9 Å². The molecular weight excluding hydrogens is 609 g/mol. The molecule has 2 fully saturated rings. The van der Waals surface area contributed by atoms with Gasteiger partial charge in [-0.3, -0.25) is 4.90 Å². The van der Waals surface area contributed by atoms with Gasteiger partial charge in [-0.1, -0.05) is 11.6 Å². The van der Waals surface area contributed by atoms with Crippen molar-refractivity contribution in [1.82, 2.24) is 24.8 Å². The number of piperazine rings is 1. The van der Waals surface area contributed by atoms with E-state index in [9.17, 15) is 18.4 Å². The van der Waals surface area contributed by atoms with Gasteiger partial charge in [-0.05, 0) is 39.7 Å². The van der Waals surface area contributed by atoms with Crippen molar-refractivity contribution in [3.05, 3.63) is 59.3 Å². The second kappa shape index (κ2) is 14.0. The molecule has 43 heavy (non-hydrogen) atoms. The van der Waals surface area contributed by atoms with E-state index in [1.807, 2.05) is 25.7 Å². The number of esters is 1. The summed E-state index contributed by atoms with van der Waals surface area (Å²) in [5.41, 5.74) is 4.81. The molecule has 2 atom stereocenters. The number of carbonyl (C=O) groups excluding carboxylic acids is 2. The number of fused-ring (bicyclic) bond motifs is 2. The van der Waals surface area contributed by atoms with Crippen LogP contribution in [-0.4, -0.2) is 74.8 Å². The fourth-order valence-corrected chi connectivity index (χ4v) is 4.71. The fourth-order valence-electron chi connectivity index (χ4n) is 4.61. The summed E-state index contributed by atoms with van der Waals surface area (Å²) in [6, 6.07) is 4.15. The molecule has 2 bridgehead atoms. The molecule has 2 aliphatic heterocycles. The van der Waals surface area contributed by atoms with Crippen LogP contribution in [0.4, 0.5) is 36.7 Å². The summed E-state index contributed by atoms with van der Waals surface area (Å²) in [5.74, 6) is -1.28. The van der Waals surface area contributed by atoms with E-state index in [1.165, 1.54) is 12.4 Å². The average molecular weight is 642 g/mol. The summed E-state index contributed by atoms with van der Waals surface area (Å²) in [4.78, 5) is 44.2. The van der Waals surface area contributed by atoms with Crippen molar-refractivity contribution < 1.29 is 27.8 Å². The minimum atomic E-state index is -0.850. The normalized spacial score (nSPS) is 17.3. The molecule has 3 N–H and O–H groups in total. The monoisotopic (exact) mass is 640 g/mol. The molecule has 5 heterocycles. The number of hydrogen-bond donors (Lipinski definition) is 2. The van der Waals surface area contributed by atoms with E-state index in [0.29, 0.717) is 24.6 Å². The zero-order valence-corrected chi connectivity index (χ0v) is 25.5. The van der Waals surface area contributed by atoms with Crippen LogP contribution in [0.2, 0.25) is 5.15 Å². The van der Waals surface area contributed by atoms with Crippen molar-refractivity contribution in [2.24, 2.45) is 0 Å². The lowest BCUT2D eigenvalue weighted by atomic mass is 10.2. The van der Waals surface area contributed by atoms with Gasteiger partial charge in [0, 0.05) is 31.4 Å². The Kier molecular flexibility index (Phi) is 10.9. The Morgan fingerprint density at radius 2 is 1.74 bits per heavy atom. The highest BCUT2D eigenvalue weighted by molar-refractivity contribution is 6.29. The predicted octanol–water partition coefficient (Wildman–Crippen LogP) is 5.01. The number of nitrogens with one attached hydrogen (secondary N) is 1. The second-order valence-corrected chi connectivity index (χ2v) is 11.0. The van der Waals surface area contributed by atoms with Crippen LogP contribution in [0, 0.1) is 11.6 Å². The Bertz CT molecular complexity index is 1450. The SMILES string of the molecule is COC(=O)c1ncc(Nc2nccc(N3CC4CCC(C3)N4C(=O)OC(C)(C)C)n2)cc1F.Cl.Nc1cnc(Cl)c(F)c1. The molecule has 16 heteroatoms. The van der Waals surface area contributed by atoms with Crippen LogP contribution in [-0.2, 0) is 9.47 Å². The van der Waals surface area contributed by atoms with Crippen molar-refractivity contribution in [3.8, 4) is 0 Å². The van der Waals surface area contributed by atoms with Crippen LogP contribution >= 0.6 is 24.0 Å². The molecule has 3 aromatic rings. The van der Waals surface area contributed by atoms with Gasteiger partial charge in [0.05, 0.1) is 43.0 Å². The van der Waals surface area contributed by atoms with Crippen LogP contribution in [0.3, 0.4) is 0 Å². The molecule has 3 aromatic heterocycles. The van der Waals surface area contributed by atoms with Gasteiger partial charge in [0.25, 0.3) is 0 Å². The molecule has 12 nitrogen and oxygen atoms in total. The minimum Gasteiger partial charge on any atom is -0.464 e. The number of methoxy groups -OCH3 is 1. The van der Waals surface area contributed by atoms with Gasteiger partial charge in [0.15, 0.2) is 22.5 Å². The lowest BCUT2D eigenvalue weighted by Gasteiger charge is -2.41. The highest BCUT2D eigenvalue weighted by atomic mass is 35.5. The molecule has 0 aliphatic carbocycles. The van der Waals surface area contributed by atoms with E-state index >= 15 is 0 Å². The van der Waals surface area contributed by atoms with Crippen molar-refractivity contribution in [3.63, 3.8) is 0 Å². The highest BCUT2D eigenvalue weighted by Crippen LogP contribution is 2.33. The maximum atomic E-state index is 14.2. The molecule has 0 radical (unpaired) electrons. The first-order valence-electron chi connectivity index (χ1n) is 13.0. The number of nitrogens with zero attached hydrogens (tertiary/aromatic N) is 6. The predicted molar refractivity (Wildman–Crippen MR) is 159 cm³/mol. The molecule has 232 valence electrons. The van der Waals surface area contributed by atoms with Gasteiger partial charge in [-0.15, -0.1) is 12.4 Å². The third-order valence-corrected chi connectivity index (χ3v) is 6.62. The van der Waals surface area contributed by atoms with E-state index in [4.69, 9.17) is 22.1 Å². The van der Waals surface area contributed by atoms with Crippen LogP contribution in [0.25, 0.3) is 0 Å². The third-order valence-electron chi connectivity index (χ3n) is 6.34. The van der Waals surface area contributed by atoms with Gasteiger partial charge in [-0.25, -0.2) is 33.3 Å². The molecule has 0 spiro atoms. The van der Waals surface area contributed by atoms with Crippen molar-refractivity contribution >= 4 is 59.2 Å². The number of anilines is 4. The zero-order chi connectivity index (χ0) is 30.6. The number of nitrogen functional groups attached to an aromatic ring is 1. The van der Waals surface area contributed by atoms with Crippen LogP contribution in [0.15, 0.2) is 36.8 Å². The Labute approximate surface area is 258 Å². The molecule has 0 aromatic carbocycles. The zero-order valence-electron chi connectivity index (χ0n) is 23.9. The van der Waals surface area contributed by atoms with Crippen molar-refractivity contribution in [2.75, 3.05) is 36.1 Å². The summed E-state index contributed by atoms with van der Waals surface area (Å²) < 4.78 is 36.6. The van der Waals surface area contributed by atoms with Crippen LogP contribution < -0.4 is 16.0 Å². The van der Waals surface area contributed by atoms with Crippen LogP contribution in [0.5, 0.6) is 0 Å². The van der Waals surface area contributed by atoms with E-state index in [2.05, 4.69) is 34.9 Å². The number of nitrogens with two attached hydrogens (primary N) is 1.